The highest BCUT2D eigenvalue weighted by Crippen LogP contribution is 2.70. The Hall–Kier alpha value is -0.500. The van der Waals surface area contributed by atoms with Gasteiger partial charge in [-0.25, -0.2) is 0 Å². The van der Waals surface area contributed by atoms with E-state index in [1.165, 1.54) is 5.57 Å². The average Bonchev–Trinajstić information content (AvgIpc) is 3.22. The Morgan fingerprint density at radius 2 is 1.79 bits per heavy atom. The summed E-state index contributed by atoms with van der Waals surface area (Å²) < 4.78 is 12.8. The molecular formula is C27H42O6. The molecule has 2 aliphatic heterocycles. The lowest BCUT2D eigenvalue weighted by molar-refractivity contribution is -0.338. The minimum absolute atomic E-state index is 0.00639. The SMILES string of the molecule is C[C@H]1CO[C@@]2(O[C@H]3C[C@H]4[C@@H]5CC=C6C[C@@H](O)C[C@@H](O)[C@]6(C)[C@H]5CC[C@]4(C)[C@H]3[C@@H]2C)[C@@H](O)[C@H]1O. The summed E-state index contributed by atoms with van der Waals surface area (Å²) in [5.74, 6) is 0.520. The zero-order chi connectivity index (χ0) is 23.5. The summed E-state index contributed by atoms with van der Waals surface area (Å²) in [6.07, 6.45) is 4.89. The number of fused-ring (bicyclic) bond motifs is 7. The Labute approximate surface area is 197 Å². The van der Waals surface area contributed by atoms with Crippen molar-refractivity contribution in [2.24, 2.45) is 46.3 Å². The molecule has 1 spiro atoms. The van der Waals surface area contributed by atoms with Crippen molar-refractivity contribution in [3.8, 4) is 0 Å². The molecule has 5 fully saturated rings. The molecule has 186 valence electrons. The fourth-order valence-electron chi connectivity index (χ4n) is 9.84. The molecule has 0 radical (unpaired) electrons. The lowest BCUT2D eigenvalue weighted by Crippen LogP contribution is -2.62. The molecule has 0 unspecified atom stereocenters. The van der Waals surface area contributed by atoms with Crippen LogP contribution < -0.4 is 0 Å². The second-order valence-corrected chi connectivity index (χ2v) is 12.9. The number of allylic oxidation sites excluding steroid dienone is 1. The van der Waals surface area contributed by atoms with Crippen LogP contribution in [0.4, 0.5) is 0 Å². The van der Waals surface area contributed by atoms with Crippen molar-refractivity contribution in [1.82, 2.24) is 0 Å². The van der Waals surface area contributed by atoms with E-state index in [1.54, 1.807) is 0 Å². The second kappa shape index (κ2) is 7.27. The predicted molar refractivity (Wildman–Crippen MR) is 122 cm³/mol. The van der Waals surface area contributed by atoms with Gasteiger partial charge in [-0.2, -0.15) is 0 Å². The summed E-state index contributed by atoms with van der Waals surface area (Å²) >= 11 is 0. The monoisotopic (exact) mass is 462 g/mol. The molecule has 4 N–H and O–H groups in total. The molecule has 0 aromatic heterocycles. The zero-order valence-electron chi connectivity index (χ0n) is 20.5. The summed E-state index contributed by atoms with van der Waals surface area (Å²) in [7, 11) is 0. The molecule has 0 amide bonds. The highest BCUT2D eigenvalue weighted by atomic mass is 16.7. The van der Waals surface area contributed by atoms with Crippen molar-refractivity contribution >= 4 is 0 Å². The molecule has 6 rings (SSSR count). The molecule has 0 aromatic carbocycles. The minimum Gasteiger partial charge on any atom is -0.393 e. The molecule has 3 saturated carbocycles. The van der Waals surface area contributed by atoms with Gasteiger partial charge in [-0.15, -0.1) is 0 Å². The predicted octanol–water partition coefficient (Wildman–Crippen LogP) is 2.63. The first kappa shape index (κ1) is 22.9. The van der Waals surface area contributed by atoms with Crippen LogP contribution in [0.15, 0.2) is 11.6 Å². The molecule has 33 heavy (non-hydrogen) atoms. The largest absolute Gasteiger partial charge is 0.393 e. The molecule has 6 nitrogen and oxygen atoms in total. The van der Waals surface area contributed by atoms with E-state index in [9.17, 15) is 20.4 Å². The lowest BCUT2D eigenvalue weighted by atomic mass is 9.46. The third-order valence-electron chi connectivity index (χ3n) is 11.7. The van der Waals surface area contributed by atoms with Gasteiger partial charge in [0.1, 0.15) is 6.10 Å². The molecular weight excluding hydrogens is 420 g/mol. The molecule has 4 aliphatic carbocycles. The van der Waals surface area contributed by atoms with E-state index in [-0.39, 0.29) is 34.7 Å². The molecule has 14 atom stereocenters. The third-order valence-corrected chi connectivity index (χ3v) is 11.7. The molecule has 2 heterocycles. The summed E-state index contributed by atoms with van der Waals surface area (Å²) in [4.78, 5) is 0. The summed E-state index contributed by atoms with van der Waals surface area (Å²) in [5.41, 5.74) is 1.12. The summed E-state index contributed by atoms with van der Waals surface area (Å²) in [5, 5.41) is 43.1. The minimum atomic E-state index is -1.10. The molecule has 0 aromatic rings. The van der Waals surface area contributed by atoms with Crippen LogP contribution >= 0.6 is 0 Å². The Morgan fingerprint density at radius 1 is 1.03 bits per heavy atom. The maximum atomic E-state index is 11.1. The van der Waals surface area contributed by atoms with Crippen LogP contribution in [0, 0.1) is 46.3 Å². The van der Waals surface area contributed by atoms with Crippen molar-refractivity contribution in [3.63, 3.8) is 0 Å². The van der Waals surface area contributed by atoms with Gasteiger partial charge < -0.3 is 29.9 Å². The maximum absolute atomic E-state index is 11.1. The molecule has 6 heteroatoms. The normalized spacial score (nSPS) is 62.3. The fraction of sp³-hybridized carbons (Fsp3) is 0.926. The quantitative estimate of drug-likeness (QED) is 0.413. The highest BCUT2D eigenvalue weighted by Gasteiger charge is 2.71. The van der Waals surface area contributed by atoms with Gasteiger partial charge in [-0.3, -0.25) is 0 Å². The van der Waals surface area contributed by atoms with Gasteiger partial charge in [-0.05, 0) is 61.2 Å². The summed E-state index contributed by atoms with van der Waals surface area (Å²) in [6, 6.07) is 0. The van der Waals surface area contributed by atoms with E-state index in [2.05, 4.69) is 26.8 Å². The van der Waals surface area contributed by atoms with Crippen LogP contribution in [0.25, 0.3) is 0 Å². The van der Waals surface area contributed by atoms with Crippen molar-refractivity contribution in [2.75, 3.05) is 6.61 Å². The van der Waals surface area contributed by atoms with Crippen LogP contribution in [0.3, 0.4) is 0 Å². The zero-order valence-corrected chi connectivity index (χ0v) is 20.5. The highest BCUT2D eigenvalue weighted by molar-refractivity contribution is 5.28. The first-order valence-corrected chi connectivity index (χ1v) is 13.3. The van der Waals surface area contributed by atoms with E-state index in [0.29, 0.717) is 37.2 Å². The topological polar surface area (TPSA) is 99.4 Å². The van der Waals surface area contributed by atoms with Gasteiger partial charge in [0.05, 0.1) is 31.0 Å². The summed E-state index contributed by atoms with van der Waals surface area (Å²) in [6.45, 7) is 9.14. The Balaban J connectivity index is 1.31. The standard InChI is InChI=1S/C27H42O6/c1-13-12-32-27(24(31)23(13)30)14(2)22-20(33-27)11-19-17-6-5-15-9-16(28)10-21(29)26(15,4)18(17)7-8-25(19,22)3/h5,13-14,16-24,28-31H,6-12H2,1-4H3/t13-,14-,16+,17+,18-,19-,20-,21+,22-,23-,24-,25-,26-,27-/m0/s1. The van der Waals surface area contributed by atoms with Crippen molar-refractivity contribution in [3.05, 3.63) is 11.6 Å². The number of hydrogen-bond donors (Lipinski definition) is 4. The van der Waals surface area contributed by atoms with E-state index in [0.717, 1.165) is 25.7 Å². The first-order chi connectivity index (χ1) is 15.5. The van der Waals surface area contributed by atoms with Gasteiger partial charge in [0.15, 0.2) is 5.79 Å². The van der Waals surface area contributed by atoms with E-state index in [1.807, 2.05) is 6.92 Å². The van der Waals surface area contributed by atoms with E-state index < -0.39 is 30.2 Å². The van der Waals surface area contributed by atoms with Crippen molar-refractivity contribution in [1.29, 1.82) is 0 Å². The second-order valence-electron chi connectivity index (χ2n) is 12.9. The smallest absolute Gasteiger partial charge is 0.200 e. The van der Waals surface area contributed by atoms with Crippen LogP contribution in [-0.2, 0) is 9.47 Å². The Morgan fingerprint density at radius 3 is 2.55 bits per heavy atom. The van der Waals surface area contributed by atoms with Crippen LogP contribution in [0.1, 0.15) is 66.2 Å². The van der Waals surface area contributed by atoms with Crippen molar-refractivity contribution in [2.45, 2.75) is 103 Å². The lowest BCUT2D eigenvalue weighted by Gasteiger charge is -2.59. The maximum Gasteiger partial charge on any atom is 0.200 e. The van der Waals surface area contributed by atoms with E-state index >= 15 is 0 Å². The van der Waals surface area contributed by atoms with Gasteiger partial charge in [0.2, 0.25) is 0 Å². The van der Waals surface area contributed by atoms with Gasteiger partial charge >= 0.3 is 0 Å². The number of aliphatic hydroxyl groups excluding tert-OH is 4. The third kappa shape index (κ3) is 2.77. The number of rotatable bonds is 0. The number of hydrogen-bond acceptors (Lipinski definition) is 6. The van der Waals surface area contributed by atoms with Gasteiger partial charge in [-0.1, -0.05) is 39.3 Å². The van der Waals surface area contributed by atoms with Gasteiger partial charge in [0.25, 0.3) is 0 Å². The van der Waals surface area contributed by atoms with Crippen LogP contribution in [0.5, 0.6) is 0 Å². The Bertz CT molecular complexity index is 844. The number of aliphatic hydroxyl groups is 4. The fourth-order valence-corrected chi connectivity index (χ4v) is 9.84. The first-order valence-electron chi connectivity index (χ1n) is 13.3. The molecule has 0 bridgehead atoms. The average molecular weight is 463 g/mol. The molecule has 6 aliphatic rings. The van der Waals surface area contributed by atoms with Crippen LogP contribution in [-0.4, -0.2) is 63.3 Å². The molecule has 2 saturated heterocycles. The van der Waals surface area contributed by atoms with Crippen molar-refractivity contribution < 1.29 is 29.9 Å². The van der Waals surface area contributed by atoms with Gasteiger partial charge in [0, 0.05) is 23.7 Å². The van der Waals surface area contributed by atoms with Crippen LogP contribution in [0.2, 0.25) is 0 Å². The van der Waals surface area contributed by atoms with E-state index in [4.69, 9.17) is 9.47 Å². The number of ether oxygens (including phenoxy) is 2. The Kier molecular flexibility index (Phi) is 5.05.